The summed E-state index contributed by atoms with van der Waals surface area (Å²) in [6.07, 6.45) is 2.55. The van der Waals surface area contributed by atoms with E-state index in [1.807, 2.05) is 67.6 Å². The predicted molar refractivity (Wildman–Crippen MR) is 128 cm³/mol. The molecule has 0 aliphatic heterocycles. The summed E-state index contributed by atoms with van der Waals surface area (Å²) < 4.78 is 17.3. The van der Waals surface area contributed by atoms with Gasteiger partial charge >= 0.3 is 0 Å². The van der Waals surface area contributed by atoms with Crippen molar-refractivity contribution in [3.05, 3.63) is 95.0 Å². The average Bonchev–Trinajstić information content (AvgIpc) is 2.78. The Balaban J connectivity index is 1.81. The Bertz CT molecular complexity index is 1000. The minimum absolute atomic E-state index is 0.411. The maximum Gasteiger partial charge on any atom is 0.165 e. The molecule has 1 N–H and O–H groups in total. The van der Waals surface area contributed by atoms with E-state index in [-0.39, 0.29) is 0 Å². The summed E-state index contributed by atoms with van der Waals surface area (Å²) in [6, 6.07) is 19.7. The van der Waals surface area contributed by atoms with Crippen molar-refractivity contribution in [2.45, 2.75) is 26.5 Å². The van der Waals surface area contributed by atoms with Gasteiger partial charge < -0.3 is 19.5 Å². The van der Waals surface area contributed by atoms with E-state index >= 15 is 0 Å². The second-order valence-corrected chi connectivity index (χ2v) is 7.45. The quantitative estimate of drug-likeness (QED) is 0.340. The topological polar surface area (TPSA) is 39.7 Å². The normalized spacial score (nSPS) is 10.4. The Kier molecular flexibility index (Phi) is 8.25. The number of hydrogen-bond donors (Lipinski definition) is 1. The lowest BCUT2D eigenvalue weighted by Crippen LogP contribution is -2.06. The molecule has 3 aromatic rings. The van der Waals surface area contributed by atoms with Gasteiger partial charge in [0.15, 0.2) is 11.5 Å². The van der Waals surface area contributed by atoms with Crippen molar-refractivity contribution in [1.82, 2.24) is 0 Å². The van der Waals surface area contributed by atoms with Crippen LogP contribution in [0.25, 0.3) is 0 Å². The van der Waals surface area contributed by atoms with Crippen LogP contribution >= 0.6 is 11.6 Å². The van der Waals surface area contributed by atoms with Gasteiger partial charge in [-0.25, -0.2) is 0 Å². The number of anilines is 1. The molecule has 0 saturated carbocycles. The Morgan fingerprint density at radius 3 is 2.48 bits per heavy atom. The fourth-order valence-electron chi connectivity index (χ4n) is 3.25. The molecule has 0 heterocycles. The summed E-state index contributed by atoms with van der Waals surface area (Å²) in [5.41, 5.74) is 4.16. The van der Waals surface area contributed by atoms with E-state index in [1.165, 1.54) is 0 Å². The van der Waals surface area contributed by atoms with Crippen molar-refractivity contribution in [3.63, 3.8) is 0 Å². The van der Waals surface area contributed by atoms with E-state index in [2.05, 4.69) is 18.0 Å². The number of rotatable bonds is 11. The third kappa shape index (κ3) is 6.43. The molecule has 0 saturated heterocycles. The molecule has 5 heteroatoms. The van der Waals surface area contributed by atoms with E-state index < -0.39 is 0 Å². The van der Waals surface area contributed by atoms with Gasteiger partial charge in [-0.05, 0) is 73.0 Å². The average molecular weight is 438 g/mol. The molecule has 0 aliphatic rings. The second-order valence-electron chi connectivity index (χ2n) is 7.01. The van der Waals surface area contributed by atoms with Gasteiger partial charge in [0.2, 0.25) is 0 Å². The van der Waals surface area contributed by atoms with Gasteiger partial charge in [-0.2, -0.15) is 0 Å². The summed E-state index contributed by atoms with van der Waals surface area (Å²) in [4.78, 5) is 0. The van der Waals surface area contributed by atoms with Crippen LogP contribution in [0.15, 0.2) is 73.3 Å². The van der Waals surface area contributed by atoms with E-state index in [0.717, 1.165) is 39.6 Å². The second kappa shape index (κ2) is 11.3. The molecule has 0 bridgehead atoms. The molecule has 0 aliphatic carbocycles. The minimum atomic E-state index is 0.411. The van der Waals surface area contributed by atoms with Crippen molar-refractivity contribution in [3.8, 4) is 17.2 Å². The molecule has 0 fully saturated rings. The molecule has 3 rings (SSSR count). The number of methoxy groups -OCH3 is 1. The maximum atomic E-state index is 6.19. The first kappa shape index (κ1) is 22.6. The Morgan fingerprint density at radius 2 is 1.81 bits per heavy atom. The lowest BCUT2D eigenvalue weighted by Gasteiger charge is -2.18. The number of hydrogen-bond acceptors (Lipinski definition) is 4. The van der Waals surface area contributed by atoms with Crippen LogP contribution in [0.5, 0.6) is 17.2 Å². The fourth-order valence-corrected chi connectivity index (χ4v) is 3.47. The van der Waals surface area contributed by atoms with E-state index in [9.17, 15) is 0 Å². The molecule has 3 aromatic carbocycles. The first-order chi connectivity index (χ1) is 15.1. The molecule has 0 amide bonds. The maximum absolute atomic E-state index is 6.19. The summed E-state index contributed by atoms with van der Waals surface area (Å²) in [7, 11) is 1.66. The highest BCUT2D eigenvalue weighted by atomic mass is 35.5. The number of halogens is 1. The number of benzene rings is 3. The van der Waals surface area contributed by atoms with E-state index in [4.69, 9.17) is 25.8 Å². The zero-order chi connectivity index (χ0) is 22.1. The molecule has 0 atom stereocenters. The van der Waals surface area contributed by atoms with Gasteiger partial charge in [0.1, 0.15) is 12.4 Å². The first-order valence-corrected chi connectivity index (χ1v) is 10.7. The standard InChI is InChI=1S/C26H28ClNO3/c1-4-7-21-14-20(17-28-23-10-12-24(29-3)13-11-23)16-25(30-5-2)26(21)31-18-19-8-6-9-22(27)15-19/h4,6,8-16,28H,1,5,7,17-18H2,2-3H3. The van der Waals surface area contributed by atoms with Crippen LogP contribution in [-0.4, -0.2) is 13.7 Å². The number of nitrogens with one attached hydrogen (secondary N) is 1. The van der Waals surface area contributed by atoms with Crippen molar-refractivity contribution in [2.24, 2.45) is 0 Å². The summed E-state index contributed by atoms with van der Waals surface area (Å²) in [6.45, 7) is 7.49. The number of allylic oxidation sites excluding steroid dienone is 1. The molecule has 0 unspecified atom stereocenters. The van der Waals surface area contributed by atoms with Gasteiger partial charge in [0.25, 0.3) is 0 Å². The van der Waals surface area contributed by atoms with Crippen LogP contribution < -0.4 is 19.5 Å². The summed E-state index contributed by atoms with van der Waals surface area (Å²) in [5.74, 6) is 2.31. The van der Waals surface area contributed by atoms with E-state index in [1.54, 1.807) is 7.11 Å². The zero-order valence-electron chi connectivity index (χ0n) is 18.0. The molecular formula is C26H28ClNO3. The Hall–Kier alpha value is -3.11. The van der Waals surface area contributed by atoms with Crippen LogP contribution in [-0.2, 0) is 19.6 Å². The Morgan fingerprint density at radius 1 is 1.00 bits per heavy atom. The fraction of sp³-hybridized carbons (Fsp3) is 0.231. The third-order valence-corrected chi connectivity index (χ3v) is 4.95. The van der Waals surface area contributed by atoms with E-state index in [0.29, 0.717) is 31.2 Å². The van der Waals surface area contributed by atoms with Crippen LogP contribution in [0.1, 0.15) is 23.6 Å². The lowest BCUT2D eigenvalue weighted by molar-refractivity contribution is 0.267. The molecular weight excluding hydrogens is 410 g/mol. The molecule has 4 nitrogen and oxygen atoms in total. The summed E-state index contributed by atoms with van der Waals surface area (Å²) in [5, 5.41) is 4.13. The van der Waals surface area contributed by atoms with Gasteiger partial charge in [0, 0.05) is 22.8 Å². The first-order valence-electron chi connectivity index (χ1n) is 10.3. The molecule has 0 aromatic heterocycles. The smallest absolute Gasteiger partial charge is 0.165 e. The molecule has 162 valence electrons. The largest absolute Gasteiger partial charge is 0.497 e. The predicted octanol–water partition coefficient (Wildman–Crippen LogP) is 6.67. The van der Waals surface area contributed by atoms with Crippen LogP contribution in [0.2, 0.25) is 5.02 Å². The van der Waals surface area contributed by atoms with Crippen LogP contribution in [0, 0.1) is 0 Å². The zero-order valence-corrected chi connectivity index (χ0v) is 18.7. The Labute approximate surface area is 189 Å². The SMILES string of the molecule is C=CCc1cc(CNc2ccc(OC)cc2)cc(OCC)c1OCc1cccc(Cl)c1. The van der Waals surface area contributed by atoms with Crippen LogP contribution in [0.4, 0.5) is 5.69 Å². The molecule has 0 radical (unpaired) electrons. The summed E-state index contributed by atoms with van der Waals surface area (Å²) >= 11 is 6.10. The van der Waals surface area contributed by atoms with Crippen molar-refractivity contribution in [1.29, 1.82) is 0 Å². The highest BCUT2D eigenvalue weighted by Crippen LogP contribution is 2.35. The lowest BCUT2D eigenvalue weighted by atomic mass is 10.0. The van der Waals surface area contributed by atoms with Gasteiger partial charge in [-0.1, -0.05) is 29.8 Å². The van der Waals surface area contributed by atoms with Crippen LogP contribution in [0.3, 0.4) is 0 Å². The van der Waals surface area contributed by atoms with Gasteiger partial charge in [-0.3, -0.25) is 0 Å². The van der Waals surface area contributed by atoms with Crippen molar-refractivity contribution in [2.75, 3.05) is 19.0 Å². The van der Waals surface area contributed by atoms with Gasteiger partial charge in [-0.15, -0.1) is 6.58 Å². The number of ether oxygens (including phenoxy) is 3. The third-order valence-electron chi connectivity index (χ3n) is 4.71. The van der Waals surface area contributed by atoms with Gasteiger partial charge in [0.05, 0.1) is 13.7 Å². The van der Waals surface area contributed by atoms with Crippen molar-refractivity contribution >= 4 is 17.3 Å². The minimum Gasteiger partial charge on any atom is -0.497 e. The molecule has 31 heavy (non-hydrogen) atoms. The highest BCUT2D eigenvalue weighted by molar-refractivity contribution is 6.30. The molecule has 0 spiro atoms. The highest BCUT2D eigenvalue weighted by Gasteiger charge is 2.14. The van der Waals surface area contributed by atoms with Crippen molar-refractivity contribution < 1.29 is 14.2 Å². The monoisotopic (exact) mass is 437 g/mol.